The SMILES string of the molecule is Cc1cc(-c2ccc(Cl)cc2F)cc(C)c1C1=C(O)[C@@]2(C)CC[C@H](O2)C1=O. The molecule has 2 heterocycles. The van der Waals surface area contributed by atoms with Crippen molar-refractivity contribution >= 4 is 23.0 Å². The molecule has 0 radical (unpaired) electrons. The van der Waals surface area contributed by atoms with Crippen LogP contribution in [0.25, 0.3) is 16.7 Å². The molecular weight excluding hydrogens is 367 g/mol. The lowest BCUT2D eigenvalue weighted by Crippen LogP contribution is -2.38. The van der Waals surface area contributed by atoms with Crippen molar-refractivity contribution in [2.75, 3.05) is 0 Å². The quantitative estimate of drug-likeness (QED) is 0.735. The Labute approximate surface area is 162 Å². The fourth-order valence-electron chi connectivity index (χ4n) is 4.22. The van der Waals surface area contributed by atoms with Crippen molar-refractivity contribution in [1.29, 1.82) is 0 Å². The number of carbonyl (C=O) groups excluding carboxylic acids is 1. The lowest BCUT2D eigenvalue weighted by Gasteiger charge is -2.31. The van der Waals surface area contributed by atoms with Crippen LogP contribution < -0.4 is 0 Å². The van der Waals surface area contributed by atoms with Gasteiger partial charge in [-0.15, -0.1) is 0 Å². The number of hydrogen-bond donors (Lipinski definition) is 1. The van der Waals surface area contributed by atoms with Gasteiger partial charge in [-0.05, 0) is 74.1 Å². The highest BCUT2D eigenvalue weighted by Crippen LogP contribution is 2.46. The third kappa shape index (κ3) is 2.79. The Morgan fingerprint density at radius 3 is 2.52 bits per heavy atom. The molecule has 2 aromatic rings. The lowest BCUT2D eigenvalue weighted by molar-refractivity contribution is -0.130. The summed E-state index contributed by atoms with van der Waals surface area (Å²) in [7, 11) is 0. The second kappa shape index (κ2) is 6.18. The number of halogens is 2. The second-order valence-corrected chi connectivity index (χ2v) is 8.01. The average molecular weight is 387 g/mol. The number of hydrogen-bond acceptors (Lipinski definition) is 3. The van der Waals surface area contributed by atoms with Gasteiger partial charge >= 0.3 is 0 Å². The number of aliphatic hydroxyl groups excluding tert-OH is 1. The molecule has 0 aromatic heterocycles. The van der Waals surface area contributed by atoms with E-state index >= 15 is 0 Å². The zero-order chi connectivity index (χ0) is 19.5. The Balaban J connectivity index is 1.87. The van der Waals surface area contributed by atoms with Crippen LogP contribution in [0.1, 0.15) is 36.5 Å². The first-order chi connectivity index (χ1) is 12.7. The molecule has 2 aliphatic rings. The van der Waals surface area contributed by atoms with Crippen molar-refractivity contribution < 1.29 is 19.0 Å². The van der Waals surface area contributed by atoms with Crippen LogP contribution in [-0.4, -0.2) is 22.6 Å². The van der Waals surface area contributed by atoms with E-state index in [0.29, 0.717) is 40.1 Å². The summed E-state index contributed by atoms with van der Waals surface area (Å²) in [5, 5.41) is 11.1. The monoisotopic (exact) mass is 386 g/mol. The summed E-state index contributed by atoms with van der Waals surface area (Å²) in [6.07, 6.45) is 0.716. The zero-order valence-corrected chi connectivity index (χ0v) is 16.2. The molecule has 2 bridgehead atoms. The lowest BCUT2D eigenvalue weighted by atomic mass is 9.85. The average Bonchev–Trinajstić information content (AvgIpc) is 2.96. The van der Waals surface area contributed by atoms with Crippen LogP contribution in [0.15, 0.2) is 36.1 Å². The molecule has 0 amide bonds. The topological polar surface area (TPSA) is 46.5 Å². The van der Waals surface area contributed by atoms with Gasteiger partial charge < -0.3 is 9.84 Å². The number of carbonyl (C=O) groups is 1. The van der Waals surface area contributed by atoms with Crippen molar-refractivity contribution in [2.45, 2.75) is 45.3 Å². The first kappa shape index (κ1) is 18.2. The van der Waals surface area contributed by atoms with Crippen LogP contribution in [0, 0.1) is 19.7 Å². The molecule has 140 valence electrons. The smallest absolute Gasteiger partial charge is 0.195 e. The molecule has 0 aliphatic carbocycles. The molecule has 1 saturated heterocycles. The predicted molar refractivity (Wildman–Crippen MR) is 103 cm³/mol. The third-order valence-corrected chi connectivity index (χ3v) is 5.82. The molecule has 2 aliphatic heterocycles. The van der Waals surface area contributed by atoms with E-state index < -0.39 is 17.5 Å². The van der Waals surface area contributed by atoms with Gasteiger partial charge in [0.15, 0.2) is 5.78 Å². The number of Topliss-reactive ketones (excluding diaryl/α,β-unsaturated/α-hetero) is 1. The highest BCUT2D eigenvalue weighted by atomic mass is 35.5. The fraction of sp³-hybridized carbons (Fsp3) is 0.318. The van der Waals surface area contributed by atoms with Gasteiger partial charge in [0.1, 0.15) is 23.3 Å². The van der Waals surface area contributed by atoms with E-state index in [4.69, 9.17) is 16.3 Å². The maximum absolute atomic E-state index is 14.3. The normalized spacial score (nSPS) is 24.6. The molecular formula is C22H20ClFO3. The van der Waals surface area contributed by atoms with Gasteiger partial charge in [0.05, 0.1) is 5.57 Å². The molecule has 2 atom stereocenters. The van der Waals surface area contributed by atoms with E-state index in [1.165, 1.54) is 6.07 Å². The van der Waals surface area contributed by atoms with Crippen molar-refractivity contribution in [2.24, 2.45) is 0 Å². The summed E-state index contributed by atoms with van der Waals surface area (Å²) < 4.78 is 20.1. The van der Waals surface area contributed by atoms with Gasteiger partial charge in [0, 0.05) is 10.6 Å². The van der Waals surface area contributed by atoms with E-state index in [0.717, 1.165) is 11.1 Å². The van der Waals surface area contributed by atoms with Crippen molar-refractivity contribution in [1.82, 2.24) is 0 Å². The summed E-state index contributed by atoms with van der Waals surface area (Å²) >= 11 is 5.85. The minimum atomic E-state index is -0.812. The minimum Gasteiger partial charge on any atom is -0.508 e. The standard InChI is InChI=1S/C22H20ClFO3/c1-11-8-13(15-5-4-14(23)10-16(15)24)9-12(2)18(11)19-20(25)17-6-7-22(3,27-17)21(19)26/h4-5,8-10,17,26H,6-7H2,1-3H3/t17-,22+/m0/s1. The van der Waals surface area contributed by atoms with E-state index in [-0.39, 0.29) is 11.5 Å². The molecule has 4 rings (SSSR count). The van der Waals surface area contributed by atoms with E-state index in [9.17, 15) is 14.3 Å². The number of rotatable bonds is 2. The van der Waals surface area contributed by atoms with Crippen molar-refractivity contribution in [3.05, 3.63) is 63.6 Å². The molecule has 0 spiro atoms. The molecule has 2 aromatic carbocycles. The largest absolute Gasteiger partial charge is 0.508 e. The first-order valence-electron chi connectivity index (χ1n) is 8.94. The number of fused-ring (bicyclic) bond motifs is 2. The Hall–Kier alpha value is -2.17. The summed E-state index contributed by atoms with van der Waals surface area (Å²) in [6.45, 7) is 5.55. The maximum Gasteiger partial charge on any atom is 0.195 e. The highest BCUT2D eigenvalue weighted by Gasteiger charge is 2.50. The molecule has 1 fully saturated rings. The summed E-state index contributed by atoms with van der Waals surface area (Å²) in [5.41, 5.74) is 2.99. The highest BCUT2D eigenvalue weighted by molar-refractivity contribution is 6.30. The van der Waals surface area contributed by atoms with E-state index in [2.05, 4.69) is 0 Å². The van der Waals surface area contributed by atoms with Crippen LogP contribution in [0.3, 0.4) is 0 Å². The molecule has 3 nitrogen and oxygen atoms in total. The van der Waals surface area contributed by atoms with Crippen LogP contribution >= 0.6 is 11.6 Å². The van der Waals surface area contributed by atoms with E-state index in [1.54, 1.807) is 12.1 Å². The van der Waals surface area contributed by atoms with Crippen LogP contribution in [-0.2, 0) is 9.53 Å². The Morgan fingerprint density at radius 1 is 1.22 bits per heavy atom. The molecule has 0 saturated carbocycles. The number of aryl methyl sites for hydroxylation is 2. The number of ketones is 1. The van der Waals surface area contributed by atoms with Crippen LogP contribution in [0.4, 0.5) is 4.39 Å². The van der Waals surface area contributed by atoms with Crippen LogP contribution in [0.5, 0.6) is 0 Å². The van der Waals surface area contributed by atoms with Crippen molar-refractivity contribution in [3.8, 4) is 11.1 Å². The molecule has 0 unspecified atom stereocenters. The number of ether oxygens (including phenoxy) is 1. The Bertz CT molecular complexity index is 988. The minimum absolute atomic E-state index is 0.00197. The van der Waals surface area contributed by atoms with E-state index in [1.807, 2.05) is 32.9 Å². The predicted octanol–water partition coefficient (Wildman–Crippen LogP) is 5.55. The summed E-state index contributed by atoms with van der Waals surface area (Å²) in [4.78, 5) is 12.9. The third-order valence-electron chi connectivity index (χ3n) is 5.59. The number of benzene rings is 2. The van der Waals surface area contributed by atoms with Crippen LogP contribution in [0.2, 0.25) is 5.02 Å². The van der Waals surface area contributed by atoms with Gasteiger partial charge in [-0.25, -0.2) is 4.39 Å². The summed E-state index contributed by atoms with van der Waals surface area (Å²) in [6, 6.07) is 8.24. The van der Waals surface area contributed by atoms with Gasteiger partial charge in [0.2, 0.25) is 0 Å². The van der Waals surface area contributed by atoms with Gasteiger partial charge in [-0.1, -0.05) is 23.7 Å². The summed E-state index contributed by atoms with van der Waals surface area (Å²) in [5.74, 6) is -0.583. The second-order valence-electron chi connectivity index (χ2n) is 7.57. The number of aliphatic hydroxyl groups is 1. The fourth-order valence-corrected chi connectivity index (χ4v) is 4.38. The van der Waals surface area contributed by atoms with Gasteiger partial charge in [-0.2, -0.15) is 0 Å². The first-order valence-corrected chi connectivity index (χ1v) is 9.32. The van der Waals surface area contributed by atoms with Crippen molar-refractivity contribution in [3.63, 3.8) is 0 Å². The molecule has 27 heavy (non-hydrogen) atoms. The Morgan fingerprint density at radius 2 is 1.89 bits per heavy atom. The molecule has 1 N–H and O–H groups in total. The Kier molecular flexibility index (Phi) is 4.17. The molecule has 5 heteroatoms. The van der Waals surface area contributed by atoms with Gasteiger partial charge in [-0.3, -0.25) is 4.79 Å². The van der Waals surface area contributed by atoms with Gasteiger partial charge in [0.25, 0.3) is 0 Å². The zero-order valence-electron chi connectivity index (χ0n) is 15.4. The maximum atomic E-state index is 14.3.